The number of benzene rings is 1. The number of rotatable bonds is 6. The molecule has 6 heteroatoms. The number of anilines is 1. The van der Waals surface area contributed by atoms with Gasteiger partial charge in [-0.1, -0.05) is 19.1 Å². The molecule has 19 heavy (non-hydrogen) atoms. The molecule has 0 spiro atoms. The molecule has 1 unspecified atom stereocenters. The van der Waals surface area contributed by atoms with Crippen molar-refractivity contribution in [3.05, 3.63) is 24.3 Å². The van der Waals surface area contributed by atoms with E-state index in [1.54, 1.807) is 32.0 Å². The zero-order chi connectivity index (χ0) is 14.7. The van der Waals surface area contributed by atoms with Crippen LogP contribution in [-0.4, -0.2) is 32.3 Å². The first-order chi connectivity index (χ1) is 8.70. The number of sulfone groups is 1. The van der Waals surface area contributed by atoms with E-state index in [9.17, 15) is 18.3 Å². The third-order valence-electron chi connectivity index (χ3n) is 3.25. The van der Waals surface area contributed by atoms with E-state index in [0.29, 0.717) is 12.1 Å². The second-order valence-electron chi connectivity index (χ2n) is 4.84. The smallest absolute Gasteiger partial charge is 0.311 e. The summed E-state index contributed by atoms with van der Waals surface area (Å²) in [7, 11) is -3.34. The molecular weight excluding hydrogens is 266 g/mol. The molecular formula is C13H19NO4S. The van der Waals surface area contributed by atoms with Crippen LogP contribution in [0.15, 0.2) is 29.2 Å². The molecule has 1 atom stereocenters. The molecule has 0 radical (unpaired) electrons. The maximum atomic E-state index is 11.6. The summed E-state index contributed by atoms with van der Waals surface area (Å²) >= 11 is 0. The van der Waals surface area contributed by atoms with Crippen LogP contribution in [0.1, 0.15) is 20.3 Å². The average Bonchev–Trinajstić information content (AvgIpc) is 2.35. The molecule has 1 aromatic rings. The summed E-state index contributed by atoms with van der Waals surface area (Å²) in [4.78, 5) is 11.4. The van der Waals surface area contributed by atoms with Gasteiger partial charge in [0, 0.05) is 12.8 Å². The summed E-state index contributed by atoms with van der Waals surface area (Å²) in [5.41, 5.74) is -0.490. The minimum absolute atomic E-state index is 0.172. The molecule has 1 rings (SSSR count). The lowest BCUT2D eigenvalue weighted by Crippen LogP contribution is -2.34. The van der Waals surface area contributed by atoms with Crippen molar-refractivity contribution in [3.8, 4) is 0 Å². The van der Waals surface area contributed by atoms with Crippen molar-refractivity contribution in [2.75, 3.05) is 18.1 Å². The zero-order valence-corrected chi connectivity index (χ0v) is 12.1. The van der Waals surface area contributed by atoms with Gasteiger partial charge in [0.25, 0.3) is 0 Å². The van der Waals surface area contributed by atoms with Crippen molar-refractivity contribution in [1.29, 1.82) is 0 Å². The van der Waals surface area contributed by atoms with Crippen molar-refractivity contribution >= 4 is 21.5 Å². The maximum Gasteiger partial charge on any atom is 0.311 e. The summed E-state index contributed by atoms with van der Waals surface area (Å²) in [6, 6.07) is 6.48. The molecule has 0 heterocycles. The average molecular weight is 285 g/mol. The van der Waals surface area contributed by atoms with Crippen molar-refractivity contribution in [2.24, 2.45) is 5.41 Å². The van der Waals surface area contributed by atoms with Gasteiger partial charge in [-0.2, -0.15) is 0 Å². The van der Waals surface area contributed by atoms with Crippen molar-refractivity contribution in [1.82, 2.24) is 0 Å². The molecule has 2 N–H and O–H groups in total. The fourth-order valence-corrected chi connectivity index (χ4v) is 2.44. The van der Waals surface area contributed by atoms with Crippen LogP contribution in [0.5, 0.6) is 0 Å². The van der Waals surface area contributed by atoms with Gasteiger partial charge < -0.3 is 10.4 Å². The quantitative estimate of drug-likeness (QED) is 0.835. The number of hydrogen-bond donors (Lipinski definition) is 2. The normalized spacial score (nSPS) is 14.7. The summed E-state index contributed by atoms with van der Waals surface area (Å²) in [6.45, 7) is 3.59. The van der Waals surface area contributed by atoms with E-state index in [4.69, 9.17) is 0 Å². The topological polar surface area (TPSA) is 83.5 Å². The van der Waals surface area contributed by atoms with Gasteiger partial charge in [-0.05, 0) is 25.5 Å². The van der Waals surface area contributed by atoms with E-state index in [2.05, 4.69) is 5.32 Å². The maximum absolute atomic E-state index is 11.6. The summed E-state index contributed by atoms with van der Waals surface area (Å²) in [5, 5.41) is 12.1. The van der Waals surface area contributed by atoms with Gasteiger partial charge in [0.15, 0.2) is 9.84 Å². The summed E-state index contributed by atoms with van der Waals surface area (Å²) in [5.74, 6) is -0.903. The Balaban J connectivity index is 2.99. The number of hydrogen-bond acceptors (Lipinski definition) is 4. The Kier molecular flexibility index (Phi) is 4.57. The molecule has 0 fully saturated rings. The SMILES string of the molecule is CCC(C)(CNc1ccccc1S(C)(=O)=O)C(=O)O. The number of para-hydroxylation sites is 1. The van der Waals surface area contributed by atoms with Crippen molar-refractivity contribution in [2.45, 2.75) is 25.2 Å². The molecule has 1 aromatic carbocycles. The molecule has 0 aliphatic carbocycles. The Bertz CT molecular complexity index is 568. The Hall–Kier alpha value is -1.56. The van der Waals surface area contributed by atoms with E-state index in [1.165, 1.54) is 6.07 Å². The third-order valence-corrected chi connectivity index (χ3v) is 4.41. The van der Waals surface area contributed by atoms with Gasteiger partial charge in [-0.3, -0.25) is 4.79 Å². The number of aliphatic carboxylic acids is 1. The number of carboxylic acids is 1. The highest BCUT2D eigenvalue weighted by Gasteiger charge is 2.31. The molecule has 0 saturated heterocycles. The minimum atomic E-state index is -3.34. The standard InChI is InChI=1S/C13H19NO4S/c1-4-13(2,12(15)16)9-14-10-7-5-6-8-11(10)19(3,17)18/h5-8,14H,4,9H2,1-3H3,(H,15,16). The Morgan fingerprint density at radius 2 is 1.95 bits per heavy atom. The molecule has 0 aromatic heterocycles. The number of carboxylic acid groups (broad SMARTS) is 1. The largest absolute Gasteiger partial charge is 0.481 e. The molecule has 0 bridgehead atoms. The third kappa shape index (κ3) is 3.70. The fraction of sp³-hybridized carbons (Fsp3) is 0.462. The first-order valence-corrected chi connectivity index (χ1v) is 7.86. The lowest BCUT2D eigenvalue weighted by Gasteiger charge is -2.24. The van der Waals surface area contributed by atoms with Crippen LogP contribution in [0.3, 0.4) is 0 Å². The second-order valence-corrected chi connectivity index (χ2v) is 6.83. The Morgan fingerprint density at radius 1 is 1.37 bits per heavy atom. The van der Waals surface area contributed by atoms with Crippen molar-refractivity contribution < 1.29 is 18.3 Å². The molecule has 106 valence electrons. The van der Waals surface area contributed by atoms with E-state index in [0.717, 1.165) is 6.26 Å². The number of carbonyl (C=O) groups is 1. The van der Waals surface area contributed by atoms with Gasteiger partial charge in [-0.15, -0.1) is 0 Å². The fourth-order valence-electron chi connectivity index (χ4n) is 1.58. The van der Waals surface area contributed by atoms with Gasteiger partial charge >= 0.3 is 5.97 Å². The predicted molar refractivity (Wildman–Crippen MR) is 74.1 cm³/mol. The zero-order valence-electron chi connectivity index (χ0n) is 11.3. The molecule has 0 amide bonds. The predicted octanol–water partition coefficient (Wildman–Crippen LogP) is 2.00. The summed E-state index contributed by atoms with van der Waals surface area (Å²) in [6.07, 6.45) is 1.58. The van der Waals surface area contributed by atoms with Crippen LogP contribution in [-0.2, 0) is 14.6 Å². The Morgan fingerprint density at radius 3 is 2.42 bits per heavy atom. The molecule has 0 aliphatic heterocycles. The monoisotopic (exact) mass is 285 g/mol. The number of nitrogens with one attached hydrogen (secondary N) is 1. The molecule has 5 nitrogen and oxygen atoms in total. The molecule has 0 saturated carbocycles. The van der Waals surface area contributed by atoms with Crippen LogP contribution in [0, 0.1) is 5.41 Å². The highest BCUT2D eigenvalue weighted by atomic mass is 32.2. The van der Waals surface area contributed by atoms with Crippen LogP contribution in [0.25, 0.3) is 0 Å². The second kappa shape index (κ2) is 5.61. The Labute approximate surface area is 113 Å². The lowest BCUT2D eigenvalue weighted by molar-refractivity contribution is -0.147. The van der Waals surface area contributed by atoms with E-state index < -0.39 is 21.2 Å². The van der Waals surface area contributed by atoms with E-state index in [1.807, 2.05) is 0 Å². The van der Waals surface area contributed by atoms with Gasteiger partial charge in [0.05, 0.1) is 16.0 Å². The van der Waals surface area contributed by atoms with Gasteiger partial charge in [0.2, 0.25) is 0 Å². The van der Waals surface area contributed by atoms with E-state index in [-0.39, 0.29) is 11.4 Å². The van der Waals surface area contributed by atoms with Crippen LogP contribution < -0.4 is 5.32 Å². The van der Waals surface area contributed by atoms with Crippen molar-refractivity contribution in [3.63, 3.8) is 0 Å². The minimum Gasteiger partial charge on any atom is -0.481 e. The highest BCUT2D eigenvalue weighted by Crippen LogP contribution is 2.25. The molecule has 0 aliphatic rings. The van der Waals surface area contributed by atoms with Gasteiger partial charge in [0.1, 0.15) is 0 Å². The first-order valence-electron chi connectivity index (χ1n) is 5.97. The lowest BCUT2D eigenvalue weighted by atomic mass is 9.87. The summed E-state index contributed by atoms with van der Waals surface area (Å²) < 4.78 is 23.3. The van der Waals surface area contributed by atoms with Crippen LogP contribution in [0.4, 0.5) is 5.69 Å². The van der Waals surface area contributed by atoms with Crippen LogP contribution in [0.2, 0.25) is 0 Å². The van der Waals surface area contributed by atoms with E-state index >= 15 is 0 Å². The highest BCUT2D eigenvalue weighted by molar-refractivity contribution is 7.90. The first kappa shape index (κ1) is 15.5. The van der Waals surface area contributed by atoms with Crippen LogP contribution >= 0.6 is 0 Å². The van der Waals surface area contributed by atoms with Gasteiger partial charge in [-0.25, -0.2) is 8.42 Å².